The minimum absolute atomic E-state index is 0.149. The van der Waals surface area contributed by atoms with Gasteiger partial charge in [0, 0.05) is 12.5 Å². The van der Waals surface area contributed by atoms with E-state index >= 15 is 0 Å². The number of rotatable bonds is 4. The van der Waals surface area contributed by atoms with E-state index in [1.165, 1.54) is 6.08 Å². The zero-order valence-electron chi connectivity index (χ0n) is 9.24. The molecule has 1 saturated heterocycles. The molecule has 0 amide bonds. The van der Waals surface area contributed by atoms with Crippen LogP contribution in [0.15, 0.2) is 12.7 Å². The van der Waals surface area contributed by atoms with Crippen molar-refractivity contribution in [3.8, 4) is 0 Å². The van der Waals surface area contributed by atoms with Gasteiger partial charge < -0.3 is 4.74 Å². The van der Waals surface area contributed by atoms with Crippen molar-refractivity contribution in [1.82, 2.24) is 0 Å². The van der Waals surface area contributed by atoms with Gasteiger partial charge in [-0.2, -0.15) is 0 Å². The van der Waals surface area contributed by atoms with Crippen LogP contribution in [-0.4, -0.2) is 44.2 Å². The lowest BCUT2D eigenvalue weighted by molar-refractivity contribution is -0.141. The van der Waals surface area contributed by atoms with E-state index in [1.807, 2.05) is 0 Å². The SMILES string of the molecule is C=CCC1SC(S(C)(=O)=O)(S(C)(=O)=O)OC1=O. The molecule has 1 heterocycles. The van der Waals surface area contributed by atoms with Crippen LogP contribution in [0.1, 0.15) is 6.42 Å². The molecule has 0 aromatic heterocycles. The fourth-order valence-corrected chi connectivity index (χ4v) is 6.95. The van der Waals surface area contributed by atoms with Crippen LogP contribution in [0.5, 0.6) is 0 Å². The molecule has 9 heteroatoms. The molecule has 0 aromatic carbocycles. The van der Waals surface area contributed by atoms with Crippen LogP contribution in [0.4, 0.5) is 0 Å². The summed E-state index contributed by atoms with van der Waals surface area (Å²) < 4.78 is 48.5. The normalized spacial score (nSPS) is 24.4. The van der Waals surface area contributed by atoms with Crippen molar-refractivity contribution < 1.29 is 26.4 Å². The topological polar surface area (TPSA) is 94.6 Å². The van der Waals surface area contributed by atoms with E-state index in [0.717, 1.165) is 12.5 Å². The maximum Gasteiger partial charge on any atom is 0.358 e. The van der Waals surface area contributed by atoms with Gasteiger partial charge >= 0.3 is 9.57 Å². The highest BCUT2D eigenvalue weighted by Gasteiger charge is 2.62. The lowest BCUT2D eigenvalue weighted by Gasteiger charge is -2.22. The van der Waals surface area contributed by atoms with Crippen molar-refractivity contribution in [2.75, 3.05) is 12.5 Å². The van der Waals surface area contributed by atoms with Gasteiger partial charge in [-0.1, -0.05) is 17.8 Å². The number of hydrogen-bond donors (Lipinski definition) is 0. The van der Waals surface area contributed by atoms with Crippen molar-refractivity contribution in [3.05, 3.63) is 12.7 Å². The van der Waals surface area contributed by atoms with Gasteiger partial charge in [0.2, 0.25) is 19.7 Å². The molecule has 6 nitrogen and oxygen atoms in total. The van der Waals surface area contributed by atoms with Crippen LogP contribution >= 0.6 is 11.8 Å². The molecule has 0 bridgehead atoms. The first-order valence-corrected chi connectivity index (χ1v) is 9.12. The highest BCUT2D eigenvalue weighted by molar-refractivity contribution is 8.28. The number of carbonyl (C=O) groups excluding carboxylic acids is 1. The lowest BCUT2D eigenvalue weighted by Crippen LogP contribution is -2.42. The summed E-state index contributed by atoms with van der Waals surface area (Å²) in [6.45, 7) is 3.41. The Labute approximate surface area is 104 Å². The second-order valence-corrected chi connectivity index (χ2v) is 9.99. The molecule has 1 aliphatic rings. The number of ether oxygens (including phenoxy) is 1. The molecule has 1 fully saturated rings. The van der Waals surface area contributed by atoms with E-state index in [4.69, 9.17) is 0 Å². The Morgan fingerprint density at radius 3 is 2.12 bits per heavy atom. The zero-order valence-corrected chi connectivity index (χ0v) is 11.7. The molecule has 17 heavy (non-hydrogen) atoms. The molecule has 1 rings (SSSR count). The molecule has 1 aliphatic heterocycles. The second kappa shape index (κ2) is 4.29. The van der Waals surface area contributed by atoms with Gasteiger partial charge in [0.05, 0.1) is 0 Å². The smallest absolute Gasteiger partial charge is 0.358 e. The number of carbonyl (C=O) groups is 1. The molecule has 0 saturated carbocycles. The summed E-state index contributed by atoms with van der Waals surface area (Å²) in [6, 6.07) is 0. The van der Waals surface area contributed by atoms with Gasteiger partial charge in [0.15, 0.2) is 0 Å². The number of sulfone groups is 2. The lowest BCUT2D eigenvalue weighted by atomic mass is 10.3. The van der Waals surface area contributed by atoms with Gasteiger partial charge in [-0.3, -0.25) is 4.79 Å². The van der Waals surface area contributed by atoms with Gasteiger partial charge in [-0.25, -0.2) is 16.8 Å². The van der Waals surface area contributed by atoms with E-state index in [2.05, 4.69) is 11.3 Å². The molecule has 1 unspecified atom stereocenters. The summed E-state index contributed by atoms with van der Waals surface area (Å²) in [4.78, 5) is 11.5. The molecule has 0 aromatic rings. The van der Waals surface area contributed by atoms with Gasteiger partial charge in [0.25, 0.3) is 0 Å². The first-order valence-electron chi connectivity index (χ1n) is 4.46. The van der Waals surface area contributed by atoms with Crippen molar-refractivity contribution in [3.63, 3.8) is 0 Å². The van der Waals surface area contributed by atoms with Crippen LogP contribution in [0.3, 0.4) is 0 Å². The standard InChI is InChI=1S/C8H12O6S3/c1-4-5-6-7(9)14-8(15-6,16(2,10)11)17(3,12)13/h4,6H,1,5H2,2-3H3. The Morgan fingerprint density at radius 1 is 1.35 bits per heavy atom. The summed E-state index contributed by atoms with van der Waals surface area (Å²) in [7, 11) is -8.22. The van der Waals surface area contributed by atoms with Gasteiger partial charge in [0.1, 0.15) is 5.25 Å². The number of allylic oxidation sites excluding steroid dienone is 1. The van der Waals surface area contributed by atoms with Crippen LogP contribution in [0.25, 0.3) is 0 Å². The molecular weight excluding hydrogens is 288 g/mol. The Morgan fingerprint density at radius 2 is 1.82 bits per heavy atom. The zero-order chi connectivity index (χ0) is 13.5. The fourth-order valence-electron chi connectivity index (χ4n) is 1.33. The van der Waals surface area contributed by atoms with Gasteiger partial charge in [-0.15, -0.1) is 6.58 Å². The predicted octanol–water partition coefficient (Wildman–Crippen LogP) is -0.0784. The average Bonchev–Trinajstić information content (AvgIpc) is 2.43. The third-order valence-corrected chi connectivity index (χ3v) is 9.30. The predicted molar refractivity (Wildman–Crippen MR) is 64.7 cm³/mol. The van der Waals surface area contributed by atoms with Crippen LogP contribution in [0.2, 0.25) is 0 Å². The van der Waals surface area contributed by atoms with Crippen molar-refractivity contribution in [2.24, 2.45) is 0 Å². The van der Waals surface area contributed by atoms with Crippen LogP contribution in [0, 0.1) is 0 Å². The van der Waals surface area contributed by atoms with Crippen molar-refractivity contribution in [2.45, 2.75) is 15.3 Å². The summed E-state index contributed by atoms with van der Waals surface area (Å²) in [5.41, 5.74) is 0. The largest absolute Gasteiger partial charge is 0.418 e. The molecule has 1 atom stereocenters. The average molecular weight is 300 g/mol. The van der Waals surface area contributed by atoms with E-state index < -0.39 is 34.5 Å². The quantitative estimate of drug-likeness (QED) is 0.529. The Bertz CT molecular complexity index is 512. The molecule has 98 valence electrons. The van der Waals surface area contributed by atoms with E-state index in [-0.39, 0.29) is 6.42 Å². The molecule has 0 N–H and O–H groups in total. The Hall–Kier alpha value is -0.540. The second-order valence-electron chi connectivity index (χ2n) is 3.60. The first kappa shape index (κ1) is 14.5. The summed E-state index contributed by atoms with van der Waals surface area (Å²) in [6.07, 6.45) is 3.01. The van der Waals surface area contributed by atoms with E-state index in [9.17, 15) is 21.6 Å². The molecule has 0 aliphatic carbocycles. The minimum atomic E-state index is -4.11. The molecule has 0 spiro atoms. The third kappa shape index (κ3) is 2.36. The van der Waals surface area contributed by atoms with Crippen LogP contribution in [-0.2, 0) is 29.2 Å². The summed E-state index contributed by atoms with van der Waals surface area (Å²) in [5, 5.41) is -0.864. The maximum absolute atomic E-state index is 11.6. The first-order chi connectivity index (χ1) is 7.55. The monoisotopic (exact) mass is 300 g/mol. The summed E-state index contributed by atoms with van der Waals surface area (Å²) in [5.74, 6) is -0.856. The maximum atomic E-state index is 11.6. The Kier molecular flexibility index (Phi) is 3.66. The number of thioether (sulfide) groups is 1. The number of esters is 1. The van der Waals surface area contributed by atoms with Gasteiger partial charge in [-0.05, 0) is 6.42 Å². The van der Waals surface area contributed by atoms with E-state index in [1.54, 1.807) is 0 Å². The number of cyclic esters (lactones) is 1. The fraction of sp³-hybridized carbons (Fsp3) is 0.625. The highest BCUT2D eigenvalue weighted by atomic mass is 32.3. The van der Waals surface area contributed by atoms with Crippen molar-refractivity contribution in [1.29, 1.82) is 0 Å². The molecule has 0 radical (unpaired) electrons. The minimum Gasteiger partial charge on any atom is -0.418 e. The third-order valence-electron chi connectivity index (χ3n) is 2.06. The molecular formula is C8H12O6S3. The van der Waals surface area contributed by atoms with Crippen LogP contribution < -0.4 is 0 Å². The van der Waals surface area contributed by atoms with Crippen molar-refractivity contribution >= 4 is 37.4 Å². The highest BCUT2D eigenvalue weighted by Crippen LogP contribution is 2.47. The number of hydrogen-bond acceptors (Lipinski definition) is 7. The summed E-state index contributed by atoms with van der Waals surface area (Å²) >= 11 is 0.486. The Balaban J connectivity index is 3.34. The van der Waals surface area contributed by atoms with E-state index in [0.29, 0.717) is 11.8 Å².